The number of nitrogens with two attached hydrogens (primary N) is 3. The second-order valence-corrected chi connectivity index (χ2v) is 25.0. The van der Waals surface area contributed by atoms with Crippen molar-refractivity contribution in [3.63, 3.8) is 0 Å². The number of hydrogen-bond acceptors (Lipinski definition) is 16. The van der Waals surface area contributed by atoms with Crippen molar-refractivity contribution in [2.24, 2.45) is 16.6 Å². The van der Waals surface area contributed by atoms with Crippen LogP contribution in [0.15, 0.2) is 92.9 Å². The van der Waals surface area contributed by atoms with Gasteiger partial charge in [-0.3, -0.25) is 0 Å². The fourth-order valence-electron chi connectivity index (χ4n) is 10.6. The highest BCUT2D eigenvalue weighted by molar-refractivity contribution is 7.99. The van der Waals surface area contributed by atoms with E-state index in [0.29, 0.717) is 37.3 Å². The molecule has 20 heteroatoms. The minimum atomic E-state index is -1.18. The molecule has 6 aromatic rings. The molecule has 2 aromatic carbocycles. The molecule has 380 valence electrons. The molecule has 10 rings (SSSR count). The molecule has 4 aromatic heterocycles. The molecule has 0 unspecified atom stereocenters. The van der Waals surface area contributed by atoms with E-state index in [1.54, 1.807) is 24.5 Å². The Morgan fingerprint density at radius 3 is 1.58 bits per heavy atom. The number of benzene rings is 2. The molecule has 4 aliphatic rings. The van der Waals surface area contributed by atoms with Crippen LogP contribution in [0.25, 0.3) is 0 Å². The number of aromatic nitrogens is 6. The van der Waals surface area contributed by atoms with Gasteiger partial charge in [-0.05, 0) is 118 Å². The van der Waals surface area contributed by atoms with Crippen molar-refractivity contribution in [3.8, 4) is 0 Å². The zero-order valence-corrected chi connectivity index (χ0v) is 45.1. The second-order valence-electron chi connectivity index (χ2n) is 20.2. The van der Waals surface area contributed by atoms with Gasteiger partial charge in [-0.1, -0.05) is 95.3 Å². The van der Waals surface area contributed by atoms with E-state index in [1.807, 2.05) is 34.6 Å². The third-order valence-electron chi connectivity index (χ3n) is 14.6. The first-order valence-electron chi connectivity index (χ1n) is 24.2. The number of hydrogen-bond donors (Lipinski definition) is 6. The zero-order valence-electron chi connectivity index (χ0n) is 41.2. The molecule has 2 saturated heterocycles. The number of anilines is 4. The summed E-state index contributed by atoms with van der Waals surface area (Å²) in [7, 11) is -1.18. The molecule has 2 spiro atoms. The number of piperidine rings is 2. The zero-order chi connectivity index (χ0) is 51.1. The maximum Gasteiger partial charge on any atom is 0.153 e. The van der Waals surface area contributed by atoms with E-state index in [0.717, 1.165) is 91.7 Å². The first kappa shape index (κ1) is 52.2. The van der Waals surface area contributed by atoms with Crippen LogP contribution >= 0.6 is 46.7 Å². The Morgan fingerprint density at radius 2 is 1.12 bits per heavy atom. The predicted octanol–water partition coefficient (Wildman–Crippen LogP) is 8.90. The van der Waals surface area contributed by atoms with Gasteiger partial charge in [-0.15, -0.1) is 0 Å². The number of aliphatic hydroxyl groups is 2. The number of halogens is 2. The smallest absolute Gasteiger partial charge is 0.153 e. The third kappa shape index (κ3) is 10.4. The third-order valence-corrected chi connectivity index (χ3v) is 19.5. The molecule has 3 atom stereocenters. The number of aliphatic hydroxyl groups excluding tert-OH is 2. The van der Waals surface area contributed by atoms with E-state index in [1.165, 1.54) is 45.8 Å². The van der Waals surface area contributed by atoms with E-state index >= 15 is 0 Å². The van der Waals surface area contributed by atoms with Crippen molar-refractivity contribution in [3.05, 3.63) is 128 Å². The van der Waals surface area contributed by atoms with Crippen LogP contribution in [-0.2, 0) is 37.0 Å². The van der Waals surface area contributed by atoms with Gasteiger partial charge >= 0.3 is 0 Å². The van der Waals surface area contributed by atoms with Gasteiger partial charge in [0.15, 0.2) is 11.6 Å². The van der Waals surface area contributed by atoms with Crippen LogP contribution in [0, 0.1) is 24.7 Å². The van der Waals surface area contributed by atoms with E-state index in [2.05, 4.69) is 73.0 Å². The van der Waals surface area contributed by atoms with Crippen molar-refractivity contribution < 1.29 is 14.4 Å². The molecule has 0 bridgehead atoms. The van der Waals surface area contributed by atoms with Gasteiger partial charge in [-0.25, -0.2) is 38.8 Å². The summed E-state index contributed by atoms with van der Waals surface area (Å²) >= 11 is 15.4. The quantitative estimate of drug-likeness (QED) is 0.0752. The molecule has 0 amide bonds. The first-order valence-corrected chi connectivity index (χ1v) is 27.7. The summed E-state index contributed by atoms with van der Waals surface area (Å²) in [5.74, 6) is 2.01. The minimum absolute atomic E-state index is 0.0253. The molecule has 0 radical (unpaired) electrons. The molecule has 0 saturated carbocycles. The number of aryl methyl sites for hydroxylation is 2. The lowest BCUT2D eigenvalue weighted by Gasteiger charge is -2.44. The molecule has 15 nitrogen and oxygen atoms in total. The van der Waals surface area contributed by atoms with Crippen LogP contribution in [0.4, 0.5) is 23.3 Å². The molecule has 2 aliphatic heterocycles. The van der Waals surface area contributed by atoms with Crippen molar-refractivity contribution in [1.82, 2.24) is 34.6 Å². The summed E-state index contributed by atoms with van der Waals surface area (Å²) in [6.45, 7) is 12.7. The molecule has 6 heterocycles. The van der Waals surface area contributed by atoms with Crippen LogP contribution in [-0.4, -0.2) is 75.3 Å². The monoisotopic (exact) mass is 1070 g/mol. The SMILES string of the molecule is Cc1nc(N2CCC3(CC2)Cc2ccccc2[C@H]3N)c(CO)nc1Sc1ccnc(N)c1Cl.Cc1nc(N2CCC3(CC2)Cc2ccccc2[C@H]3N[S@](=O)C(C)(C)C)c(CO)nc1Sc1ccnc(N)c1Cl. The van der Waals surface area contributed by atoms with Gasteiger partial charge < -0.3 is 37.2 Å². The maximum absolute atomic E-state index is 13.2. The maximum atomic E-state index is 13.2. The molecular formula is C52H62Cl2N12O3S3. The number of fused-ring (bicyclic) bond motifs is 2. The first-order chi connectivity index (χ1) is 34.4. The normalized spacial score (nSPS) is 19.2. The van der Waals surface area contributed by atoms with Crippen molar-refractivity contribution in [2.75, 3.05) is 47.4 Å². The summed E-state index contributed by atoms with van der Waals surface area (Å²) < 4.78 is 16.4. The molecule has 2 fully saturated rings. The lowest BCUT2D eigenvalue weighted by atomic mass is 9.73. The van der Waals surface area contributed by atoms with Gasteiger partial charge in [0.05, 0.1) is 56.4 Å². The number of nitrogen functional groups attached to an aromatic ring is 2. The topological polar surface area (TPSA) is 231 Å². The highest BCUT2D eigenvalue weighted by atomic mass is 35.5. The Morgan fingerprint density at radius 1 is 0.694 bits per heavy atom. The standard InChI is InChI=1S/C28H35ClN6O2S2.C24H27ClN6OS/c1-17-26(38-21-9-12-31-24(30)22(21)29)33-20(16-36)25(32-17)35-13-10-28(11-14-35)15-18-7-5-6-8-19(18)23(28)34-39(37)27(2,3)4;1-14-23(33-18-6-9-28-21(27)19(18)25)30-17(13-32)22(29-14)31-10-7-24(8-11-31)12-15-4-2-3-5-16(15)20(24)26/h5-9,12,23,34,36H,10-11,13-16H2,1-4H3,(H2,30,31);2-6,9,20,32H,7-8,10-13,26H2,1H3,(H2,27,28)/t23-,39-;20-/m11/s1. The van der Waals surface area contributed by atoms with Crippen molar-refractivity contribution in [2.45, 2.75) is 123 Å². The van der Waals surface area contributed by atoms with E-state index in [9.17, 15) is 14.4 Å². The molecule has 9 N–H and O–H groups in total. The summed E-state index contributed by atoms with van der Waals surface area (Å²) in [5.41, 5.74) is 26.4. The number of pyridine rings is 2. The Hall–Kier alpha value is -4.63. The second kappa shape index (κ2) is 21.3. The Labute approximate surface area is 442 Å². The van der Waals surface area contributed by atoms with Gasteiger partial charge in [0.2, 0.25) is 0 Å². The summed E-state index contributed by atoms with van der Waals surface area (Å²) in [6.07, 6.45) is 9.00. The van der Waals surface area contributed by atoms with Crippen molar-refractivity contribution in [1.29, 1.82) is 0 Å². The fourth-order valence-corrected chi connectivity index (χ4v) is 13.7. The van der Waals surface area contributed by atoms with Crippen LogP contribution < -0.4 is 31.7 Å². The summed E-state index contributed by atoms with van der Waals surface area (Å²) in [4.78, 5) is 33.2. The average molecular weight is 1070 g/mol. The van der Waals surface area contributed by atoms with Gasteiger partial charge in [0.25, 0.3) is 0 Å². The van der Waals surface area contributed by atoms with E-state index < -0.39 is 11.0 Å². The van der Waals surface area contributed by atoms with Crippen LogP contribution in [0.3, 0.4) is 0 Å². The Balaban J connectivity index is 0.000000180. The largest absolute Gasteiger partial charge is 0.390 e. The van der Waals surface area contributed by atoms with Gasteiger partial charge in [-0.2, -0.15) is 0 Å². The lowest BCUT2D eigenvalue weighted by Crippen LogP contribution is -2.48. The lowest BCUT2D eigenvalue weighted by molar-refractivity contribution is 0.176. The van der Waals surface area contributed by atoms with Gasteiger partial charge in [0, 0.05) is 54.4 Å². The molecule has 72 heavy (non-hydrogen) atoms. The Kier molecular flexibility index (Phi) is 15.5. The van der Waals surface area contributed by atoms with Crippen molar-refractivity contribution >= 4 is 81.0 Å². The number of nitrogens with zero attached hydrogens (tertiary/aromatic N) is 8. The fraction of sp³-hybridized carbons (Fsp3) is 0.423. The van der Waals surface area contributed by atoms with Crippen LogP contribution in [0.2, 0.25) is 10.0 Å². The average Bonchev–Trinajstić information content (AvgIpc) is 3.82. The highest BCUT2D eigenvalue weighted by Crippen LogP contribution is 2.54. The predicted molar refractivity (Wildman–Crippen MR) is 290 cm³/mol. The highest BCUT2D eigenvalue weighted by Gasteiger charge is 2.49. The van der Waals surface area contributed by atoms with Crippen LogP contribution in [0.1, 0.15) is 104 Å². The van der Waals surface area contributed by atoms with E-state index in [-0.39, 0.29) is 52.5 Å². The van der Waals surface area contributed by atoms with Gasteiger partial charge in [0.1, 0.15) is 33.1 Å². The summed E-state index contributed by atoms with van der Waals surface area (Å²) in [5, 5.41) is 22.5. The summed E-state index contributed by atoms with van der Waals surface area (Å²) in [6, 6.07) is 20.7. The minimum Gasteiger partial charge on any atom is -0.390 e. The Bertz CT molecular complexity index is 3000. The van der Waals surface area contributed by atoms with E-state index in [4.69, 9.17) is 60.3 Å². The molecule has 2 aliphatic carbocycles. The number of nitrogens with one attached hydrogen (secondary N) is 1. The van der Waals surface area contributed by atoms with Crippen LogP contribution in [0.5, 0.6) is 0 Å². The molecular weight excluding hydrogens is 1010 g/mol. The number of rotatable bonds is 10.